The van der Waals surface area contributed by atoms with Gasteiger partial charge in [-0.05, 0) is 42.6 Å². The lowest BCUT2D eigenvalue weighted by Crippen LogP contribution is -2.57. The van der Waals surface area contributed by atoms with Gasteiger partial charge in [-0.3, -0.25) is 4.90 Å². The zero-order valence-electron chi connectivity index (χ0n) is 20.2. The molecule has 4 heteroatoms. The van der Waals surface area contributed by atoms with Crippen LogP contribution in [0.5, 0.6) is 0 Å². The molecular formula is C30H36N4. The number of H-pyrrole nitrogens is 1. The van der Waals surface area contributed by atoms with Crippen molar-refractivity contribution in [2.45, 2.75) is 31.5 Å². The van der Waals surface area contributed by atoms with Crippen molar-refractivity contribution in [1.29, 1.82) is 0 Å². The van der Waals surface area contributed by atoms with E-state index in [1.165, 1.54) is 27.6 Å². The highest BCUT2D eigenvalue weighted by molar-refractivity contribution is 5.83. The first kappa shape index (κ1) is 22.9. The van der Waals surface area contributed by atoms with Gasteiger partial charge in [0.05, 0.1) is 0 Å². The van der Waals surface area contributed by atoms with Crippen LogP contribution in [0, 0.1) is 0 Å². The van der Waals surface area contributed by atoms with Gasteiger partial charge in [0, 0.05) is 61.9 Å². The van der Waals surface area contributed by atoms with Crippen molar-refractivity contribution in [2.24, 2.45) is 0 Å². The van der Waals surface area contributed by atoms with Crippen molar-refractivity contribution in [1.82, 2.24) is 20.1 Å². The van der Waals surface area contributed by atoms with Gasteiger partial charge in [0.15, 0.2) is 0 Å². The van der Waals surface area contributed by atoms with Crippen LogP contribution in [-0.2, 0) is 19.4 Å². The molecule has 0 unspecified atom stereocenters. The van der Waals surface area contributed by atoms with Gasteiger partial charge in [-0.15, -0.1) is 0 Å². The van der Waals surface area contributed by atoms with E-state index in [2.05, 4.69) is 118 Å². The molecule has 2 N–H and O–H groups in total. The maximum Gasteiger partial charge on any atom is 0.0456 e. The molecule has 5 rings (SSSR count). The molecule has 0 saturated carbocycles. The first-order valence-electron chi connectivity index (χ1n) is 12.5. The molecule has 0 bridgehead atoms. The Morgan fingerprint density at radius 1 is 0.912 bits per heavy atom. The molecule has 4 nitrogen and oxygen atoms in total. The summed E-state index contributed by atoms with van der Waals surface area (Å²) in [4.78, 5) is 8.66. The van der Waals surface area contributed by atoms with Gasteiger partial charge in [-0.2, -0.15) is 0 Å². The number of aromatic nitrogens is 1. The molecule has 1 aliphatic rings. The number of likely N-dealkylation sites (N-methyl/N-ethyl adjacent to an activating group) is 1. The molecular weight excluding hydrogens is 416 g/mol. The van der Waals surface area contributed by atoms with Crippen LogP contribution in [-0.4, -0.2) is 60.1 Å². The molecule has 2 heterocycles. The number of hydrogen-bond acceptors (Lipinski definition) is 3. The van der Waals surface area contributed by atoms with Crippen molar-refractivity contribution in [3.63, 3.8) is 0 Å². The Balaban J connectivity index is 1.29. The number of benzene rings is 3. The van der Waals surface area contributed by atoms with Gasteiger partial charge in [-0.1, -0.05) is 78.9 Å². The summed E-state index contributed by atoms with van der Waals surface area (Å²) in [5.74, 6) is 0. The smallest absolute Gasteiger partial charge is 0.0456 e. The minimum Gasteiger partial charge on any atom is -0.361 e. The van der Waals surface area contributed by atoms with E-state index in [0.29, 0.717) is 12.1 Å². The predicted molar refractivity (Wildman–Crippen MR) is 142 cm³/mol. The summed E-state index contributed by atoms with van der Waals surface area (Å²) < 4.78 is 0. The molecule has 1 aromatic heterocycles. The highest BCUT2D eigenvalue weighted by Gasteiger charge is 2.27. The van der Waals surface area contributed by atoms with E-state index in [1.54, 1.807) is 0 Å². The van der Waals surface area contributed by atoms with Gasteiger partial charge < -0.3 is 15.2 Å². The Hall–Kier alpha value is -2.92. The van der Waals surface area contributed by atoms with Crippen LogP contribution in [0.2, 0.25) is 0 Å². The average Bonchev–Trinajstić information content (AvgIpc) is 3.28. The number of rotatable bonds is 9. The maximum atomic E-state index is 3.79. The lowest BCUT2D eigenvalue weighted by Gasteiger charge is -2.40. The monoisotopic (exact) mass is 452 g/mol. The largest absolute Gasteiger partial charge is 0.361 e. The summed E-state index contributed by atoms with van der Waals surface area (Å²) in [6, 6.07) is 31.4. The first-order valence-corrected chi connectivity index (χ1v) is 12.5. The molecule has 1 saturated heterocycles. The number of nitrogens with zero attached hydrogens (tertiary/aromatic N) is 2. The molecule has 1 aliphatic heterocycles. The van der Waals surface area contributed by atoms with E-state index >= 15 is 0 Å². The second kappa shape index (κ2) is 11.0. The Morgan fingerprint density at radius 2 is 1.62 bits per heavy atom. The fourth-order valence-electron chi connectivity index (χ4n) is 5.40. The van der Waals surface area contributed by atoms with Gasteiger partial charge in [0.1, 0.15) is 0 Å². The molecule has 0 spiro atoms. The number of nitrogens with one attached hydrogen (secondary N) is 2. The summed E-state index contributed by atoms with van der Waals surface area (Å²) in [5, 5.41) is 5.15. The zero-order valence-corrected chi connectivity index (χ0v) is 20.2. The predicted octanol–water partition coefficient (Wildman–Crippen LogP) is 4.73. The van der Waals surface area contributed by atoms with Crippen molar-refractivity contribution < 1.29 is 0 Å². The van der Waals surface area contributed by atoms with E-state index < -0.39 is 0 Å². The molecule has 3 aromatic carbocycles. The number of hydrogen-bond donors (Lipinski definition) is 2. The molecule has 2 atom stereocenters. The minimum absolute atomic E-state index is 0.464. The van der Waals surface area contributed by atoms with E-state index in [4.69, 9.17) is 0 Å². The van der Waals surface area contributed by atoms with Crippen LogP contribution in [0.15, 0.2) is 91.1 Å². The minimum atomic E-state index is 0.464. The fraction of sp³-hybridized carbons (Fsp3) is 0.333. The van der Waals surface area contributed by atoms with E-state index in [1.807, 2.05) is 0 Å². The summed E-state index contributed by atoms with van der Waals surface area (Å²) in [7, 11) is 2.26. The molecule has 0 radical (unpaired) electrons. The molecule has 4 aromatic rings. The van der Waals surface area contributed by atoms with Crippen molar-refractivity contribution in [3.8, 4) is 0 Å². The van der Waals surface area contributed by atoms with E-state index in [-0.39, 0.29) is 0 Å². The zero-order chi connectivity index (χ0) is 23.2. The third-order valence-electron chi connectivity index (χ3n) is 7.08. The van der Waals surface area contributed by atoms with Crippen molar-refractivity contribution >= 4 is 10.9 Å². The second-order valence-electron chi connectivity index (χ2n) is 9.74. The Kier molecular flexibility index (Phi) is 7.40. The highest BCUT2D eigenvalue weighted by Crippen LogP contribution is 2.21. The third-order valence-corrected chi connectivity index (χ3v) is 7.08. The van der Waals surface area contributed by atoms with E-state index in [0.717, 1.165) is 45.6 Å². The molecule has 0 aliphatic carbocycles. The summed E-state index contributed by atoms with van der Waals surface area (Å²) in [6.07, 6.45) is 4.33. The van der Waals surface area contributed by atoms with Gasteiger partial charge in [0.25, 0.3) is 0 Å². The molecule has 176 valence electrons. The lowest BCUT2D eigenvalue weighted by atomic mass is 9.99. The summed E-state index contributed by atoms with van der Waals surface area (Å²) >= 11 is 0. The number of fused-ring (bicyclic) bond motifs is 1. The molecule has 1 fully saturated rings. The Morgan fingerprint density at radius 3 is 2.41 bits per heavy atom. The van der Waals surface area contributed by atoms with Gasteiger partial charge in [-0.25, -0.2) is 0 Å². The van der Waals surface area contributed by atoms with E-state index in [9.17, 15) is 0 Å². The molecule has 0 amide bonds. The van der Waals surface area contributed by atoms with Crippen molar-refractivity contribution in [2.75, 3.05) is 33.2 Å². The van der Waals surface area contributed by atoms with Crippen LogP contribution in [0.3, 0.4) is 0 Å². The van der Waals surface area contributed by atoms with Crippen LogP contribution in [0.25, 0.3) is 10.9 Å². The SMILES string of the molecule is CN(Cc1ccccc1)C[C@H](Cc1ccccc1)N1CCN[C@@H](Cc2c[nH]c3ccccc23)C1. The summed E-state index contributed by atoms with van der Waals surface area (Å²) in [5.41, 5.74) is 5.44. The topological polar surface area (TPSA) is 34.3 Å². The summed E-state index contributed by atoms with van der Waals surface area (Å²) in [6.45, 7) is 5.26. The first-order chi connectivity index (χ1) is 16.7. The number of aromatic amines is 1. The van der Waals surface area contributed by atoms with Gasteiger partial charge >= 0.3 is 0 Å². The van der Waals surface area contributed by atoms with Crippen LogP contribution in [0.4, 0.5) is 0 Å². The van der Waals surface area contributed by atoms with Crippen LogP contribution < -0.4 is 5.32 Å². The quantitative estimate of drug-likeness (QED) is 0.385. The standard InChI is InChI=1S/C30H36N4/c1-33(21-25-12-6-3-7-13-25)23-28(18-24-10-4-2-5-11-24)34-17-16-31-27(22-34)19-26-20-32-30-15-9-8-14-29(26)30/h2-15,20,27-28,31-32H,16-19,21-23H2,1H3/t27-,28-/m0/s1. The number of para-hydroxylation sites is 1. The van der Waals surface area contributed by atoms with Crippen LogP contribution in [0.1, 0.15) is 16.7 Å². The Labute approximate surface area is 203 Å². The Bertz CT molecular complexity index is 1150. The maximum absolute atomic E-state index is 3.79. The fourth-order valence-corrected chi connectivity index (χ4v) is 5.40. The van der Waals surface area contributed by atoms with Crippen LogP contribution >= 0.6 is 0 Å². The lowest BCUT2D eigenvalue weighted by molar-refractivity contribution is 0.112. The normalized spacial score (nSPS) is 17.9. The molecule has 34 heavy (non-hydrogen) atoms. The highest BCUT2D eigenvalue weighted by atomic mass is 15.3. The van der Waals surface area contributed by atoms with Crippen molar-refractivity contribution in [3.05, 3.63) is 108 Å². The second-order valence-corrected chi connectivity index (χ2v) is 9.74. The average molecular weight is 453 g/mol. The number of piperazine rings is 1. The third kappa shape index (κ3) is 5.76. The van der Waals surface area contributed by atoms with Gasteiger partial charge in [0.2, 0.25) is 0 Å².